The molecule has 3 fully saturated rings. The van der Waals surface area contributed by atoms with Crippen molar-refractivity contribution in [1.29, 1.82) is 0 Å². The van der Waals surface area contributed by atoms with Gasteiger partial charge in [0.15, 0.2) is 0 Å². The first kappa shape index (κ1) is 16.8. The molecule has 4 atom stereocenters. The van der Waals surface area contributed by atoms with Gasteiger partial charge in [-0.1, -0.05) is 0 Å². The summed E-state index contributed by atoms with van der Waals surface area (Å²) < 4.78 is 35.2. The van der Waals surface area contributed by atoms with Crippen LogP contribution in [0.2, 0.25) is 0 Å². The zero-order valence-corrected chi connectivity index (χ0v) is 13.3. The fraction of sp³-hybridized carbons (Fsp3) is 0.500. The maximum Gasteiger partial charge on any atom is 0.275 e. The Hall–Kier alpha value is -2.62. The third-order valence-corrected chi connectivity index (χ3v) is 5.01. The number of rotatable bonds is 5. The molecule has 0 aliphatic carbocycles. The Morgan fingerprint density at radius 2 is 1.81 bits per heavy atom. The number of benzene rings is 1. The van der Waals surface area contributed by atoms with Crippen LogP contribution in [0.15, 0.2) is 18.2 Å². The van der Waals surface area contributed by atoms with Crippen LogP contribution in [-0.4, -0.2) is 42.0 Å². The predicted molar refractivity (Wildman–Crippen MR) is 82.0 cm³/mol. The van der Waals surface area contributed by atoms with E-state index in [2.05, 4.69) is 0 Å². The molecule has 26 heavy (non-hydrogen) atoms. The third-order valence-electron chi connectivity index (χ3n) is 5.01. The summed E-state index contributed by atoms with van der Waals surface area (Å²) in [5, 5.41) is 11.1. The highest BCUT2D eigenvalue weighted by molar-refractivity contribution is 6.23. The van der Waals surface area contributed by atoms with Gasteiger partial charge < -0.3 is 9.47 Å². The summed E-state index contributed by atoms with van der Waals surface area (Å²) in [6, 6.07) is 3.23. The van der Waals surface area contributed by atoms with Crippen LogP contribution in [0.25, 0.3) is 0 Å². The molecule has 3 aliphatic heterocycles. The zero-order valence-electron chi connectivity index (χ0n) is 13.3. The van der Waals surface area contributed by atoms with Crippen LogP contribution in [0.3, 0.4) is 0 Å². The number of carbonyl (C=O) groups is 2. The number of nitro benzene ring substituents is 1. The molecule has 4 rings (SSSR count). The van der Waals surface area contributed by atoms with Crippen LogP contribution in [0.5, 0.6) is 5.75 Å². The highest BCUT2D eigenvalue weighted by atomic mass is 19.3. The lowest BCUT2D eigenvalue weighted by molar-refractivity contribution is -0.384. The van der Waals surface area contributed by atoms with Gasteiger partial charge >= 0.3 is 0 Å². The number of nitrogens with zero attached hydrogens (tertiary/aromatic N) is 2. The SMILES string of the molecule is O=C1[C@@H]2[C@@H](C(=O)N1c1cc(OCC(F)F)cc([N+](=O)[O-])c1)[C@H]1CC[C@@H]2O1. The van der Waals surface area contributed by atoms with E-state index in [4.69, 9.17) is 9.47 Å². The van der Waals surface area contributed by atoms with Gasteiger partial charge in [0.2, 0.25) is 11.8 Å². The van der Waals surface area contributed by atoms with E-state index >= 15 is 0 Å². The highest BCUT2D eigenvalue weighted by Crippen LogP contribution is 2.49. The topological polar surface area (TPSA) is 99.0 Å². The Labute approximate surface area is 145 Å². The van der Waals surface area contributed by atoms with Crippen molar-refractivity contribution in [3.05, 3.63) is 28.3 Å². The Balaban J connectivity index is 1.69. The normalized spacial score (nSPS) is 29.6. The Morgan fingerprint density at radius 3 is 2.35 bits per heavy atom. The number of nitro groups is 1. The van der Waals surface area contributed by atoms with Gasteiger partial charge in [0.1, 0.15) is 12.4 Å². The molecule has 0 radical (unpaired) electrons. The smallest absolute Gasteiger partial charge is 0.275 e. The fourth-order valence-corrected chi connectivity index (χ4v) is 4.01. The minimum atomic E-state index is -2.76. The van der Waals surface area contributed by atoms with Crippen LogP contribution in [0, 0.1) is 22.0 Å². The van der Waals surface area contributed by atoms with Crippen molar-refractivity contribution in [2.45, 2.75) is 31.5 Å². The van der Waals surface area contributed by atoms with Gasteiger partial charge in [-0.15, -0.1) is 0 Å². The quantitative estimate of drug-likeness (QED) is 0.447. The molecule has 3 aliphatic rings. The highest BCUT2D eigenvalue weighted by Gasteiger charge is 2.62. The van der Waals surface area contributed by atoms with Crippen molar-refractivity contribution in [3.8, 4) is 5.75 Å². The third kappa shape index (κ3) is 2.52. The molecule has 2 amide bonds. The molecular weight excluding hydrogens is 354 g/mol. The number of fused-ring (bicyclic) bond motifs is 5. The lowest BCUT2D eigenvalue weighted by Crippen LogP contribution is -2.34. The molecule has 2 bridgehead atoms. The molecule has 3 saturated heterocycles. The van der Waals surface area contributed by atoms with Crippen molar-refractivity contribution in [1.82, 2.24) is 0 Å². The number of carbonyl (C=O) groups excluding carboxylic acids is 2. The number of alkyl halides is 2. The molecule has 138 valence electrons. The fourth-order valence-electron chi connectivity index (χ4n) is 4.01. The van der Waals surface area contributed by atoms with E-state index in [0.29, 0.717) is 12.8 Å². The molecular formula is C16H14F2N2O6. The van der Waals surface area contributed by atoms with Gasteiger partial charge in [-0.2, -0.15) is 0 Å². The first-order valence-corrected chi connectivity index (χ1v) is 8.10. The van der Waals surface area contributed by atoms with Gasteiger partial charge in [0, 0.05) is 12.1 Å². The Bertz CT molecular complexity index is 773. The van der Waals surface area contributed by atoms with Crippen molar-refractivity contribution >= 4 is 23.2 Å². The molecule has 1 aromatic rings. The van der Waals surface area contributed by atoms with E-state index in [1.165, 1.54) is 6.07 Å². The van der Waals surface area contributed by atoms with Gasteiger partial charge in [-0.25, -0.2) is 13.7 Å². The second-order valence-corrected chi connectivity index (χ2v) is 6.50. The summed E-state index contributed by atoms with van der Waals surface area (Å²) in [5.74, 6) is -2.34. The van der Waals surface area contributed by atoms with Crippen LogP contribution in [0.4, 0.5) is 20.2 Å². The van der Waals surface area contributed by atoms with Gasteiger partial charge in [-0.05, 0) is 12.8 Å². The monoisotopic (exact) mass is 368 g/mol. The number of non-ortho nitro benzene ring substituents is 1. The average Bonchev–Trinajstić information content (AvgIpc) is 3.26. The van der Waals surface area contributed by atoms with Gasteiger partial charge in [0.05, 0.1) is 40.7 Å². The Morgan fingerprint density at radius 1 is 1.19 bits per heavy atom. The van der Waals surface area contributed by atoms with E-state index in [1.54, 1.807) is 0 Å². The van der Waals surface area contributed by atoms with E-state index in [9.17, 15) is 28.5 Å². The molecule has 0 N–H and O–H groups in total. The van der Waals surface area contributed by atoms with Crippen LogP contribution < -0.4 is 9.64 Å². The van der Waals surface area contributed by atoms with Crippen molar-refractivity contribution < 1.29 is 32.8 Å². The summed E-state index contributed by atoms with van der Waals surface area (Å²) in [6.45, 7) is -0.953. The lowest BCUT2D eigenvalue weighted by atomic mass is 9.81. The van der Waals surface area contributed by atoms with Crippen LogP contribution >= 0.6 is 0 Å². The maximum absolute atomic E-state index is 12.7. The summed E-state index contributed by atoms with van der Waals surface area (Å²) in [5.41, 5.74) is -0.504. The van der Waals surface area contributed by atoms with E-state index in [1.807, 2.05) is 0 Å². The molecule has 1 aromatic carbocycles. The zero-order chi connectivity index (χ0) is 18.6. The van der Waals surface area contributed by atoms with Crippen molar-refractivity contribution in [3.63, 3.8) is 0 Å². The molecule has 3 heterocycles. The minimum Gasteiger partial charge on any atom is -0.487 e. The molecule has 8 nitrogen and oxygen atoms in total. The minimum absolute atomic E-state index is 0.0488. The number of halogens is 2. The predicted octanol–water partition coefficient (Wildman–Crippen LogP) is 1.91. The number of anilines is 1. The average molecular weight is 368 g/mol. The molecule has 0 spiro atoms. The molecule has 10 heteroatoms. The van der Waals surface area contributed by atoms with Gasteiger partial charge in [-0.3, -0.25) is 19.7 Å². The van der Waals surface area contributed by atoms with Crippen molar-refractivity contribution in [2.75, 3.05) is 11.5 Å². The van der Waals surface area contributed by atoms with E-state index < -0.39 is 47.3 Å². The van der Waals surface area contributed by atoms with E-state index in [0.717, 1.165) is 17.0 Å². The largest absolute Gasteiger partial charge is 0.487 e. The first-order chi connectivity index (χ1) is 12.4. The second-order valence-electron chi connectivity index (χ2n) is 6.50. The second kappa shape index (κ2) is 5.97. The van der Waals surface area contributed by atoms with Gasteiger partial charge in [0.25, 0.3) is 12.1 Å². The standard InChI is InChI=1S/C16H14F2N2O6/c17-12(18)6-25-9-4-7(3-8(5-9)20(23)24)19-15(21)13-10-1-2-11(26-10)14(13)16(19)22/h3-5,10-14H,1-2,6H2/t10-,11+,13-,14-/m0/s1. The Kier molecular flexibility index (Phi) is 3.87. The number of hydrogen-bond acceptors (Lipinski definition) is 6. The number of ether oxygens (including phenoxy) is 2. The number of amides is 2. The summed E-state index contributed by atoms with van der Waals surface area (Å²) in [7, 11) is 0. The summed E-state index contributed by atoms with van der Waals surface area (Å²) in [6.07, 6.45) is -2.02. The van der Waals surface area contributed by atoms with Crippen LogP contribution in [0.1, 0.15) is 12.8 Å². The van der Waals surface area contributed by atoms with E-state index in [-0.39, 0.29) is 23.6 Å². The summed E-state index contributed by atoms with van der Waals surface area (Å²) >= 11 is 0. The van der Waals surface area contributed by atoms with Crippen LogP contribution in [-0.2, 0) is 14.3 Å². The maximum atomic E-state index is 12.7. The van der Waals surface area contributed by atoms with Crippen molar-refractivity contribution in [2.24, 2.45) is 11.8 Å². The number of hydrogen-bond donors (Lipinski definition) is 0. The summed E-state index contributed by atoms with van der Waals surface area (Å²) in [4.78, 5) is 36.8. The first-order valence-electron chi connectivity index (χ1n) is 8.10. The molecule has 0 saturated carbocycles. The molecule has 0 unspecified atom stereocenters. The lowest BCUT2D eigenvalue weighted by Gasteiger charge is -2.18. The number of imide groups is 1. The molecule has 0 aromatic heterocycles.